The van der Waals surface area contributed by atoms with Gasteiger partial charge in [-0.25, -0.2) is 14.8 Å². The topological polar surface area (TPSA) is 104 Å². The average molecular weight is 474 g/mol. The van der Waals surface area contributed by atoms with Crippen LogP contribution in [-0.2, 0) is 4.79 Å². The summed E-state index contributed by atoms with van der Waals surface area (Å²) in [5.74, 6) is -0.608. The Morgan fingerprint density at radius 2 is 1.88 bits per heavy atom. The zero-order chi connectivity index (χ0) is 22.4. The van der Waals surface area contributed by atoms with Crippen molar-refractivity contribution in [3.05, 3.63) is 0 Å². The molecule has 32 heavy (non-hydrogen) atoms. The highest BCUT2D eigenvalue weighted by Crippen LogP contribution is 2.26. The number of carbonyl (C=O) groups is 1. The molecule has 6 N–H and O–H groups in total. The highest BCUT2D eigenvalue weighted by molar-refractivity contribution is 6.21. The van der Waals surface area contributed by atoms with Crippen LogP contribution >= 0.6 is 11.6 Å². The van der Waals surface area contributed by atoms with E-state index < -0.39 is 18.3 Å². The third-order valence-corrected chi connectivity index (χ3v) is 8.20. The zero-order valence-corrected chi connectivity index (χ0v) is 19.5. The van der Waals surface area contributed by atoms with Gasteiger partial charge in [-0.3, -0.25) is 19.9 Å². The van der Waals surface area contributed by atoms with Gasteiger partial charge in [0.2, 0.25) is 5.91 Å². The maximum absolute atomic E-state index is 13.8. The number of halogens is 2. The van der Waals surface area contributed by atoms with Crippen LogP contribution < -0.4 is 27.1 Å². The van der Waals surface area contributed by atoms with Crippen LogP contribution in [-0.4, -0.2) is 140 Å². The van der Waals surface area contributed by atoms with Gasteiger partial charge in [0.05, 0.1) is 29.7 Å². The molecular weight excluding hydrogens is 437 g/mol. The van der Waals surface area contributed by atoms with Crippen molar-refractivity contribution in [1.29, 1.82) is 0 Å². The Balaban J connectivity index is 1.26. The first kappa shape index (κ1) is 23.1. The normalized spacial score (nSPS) is 44.8. The van der Waals surface area contributed by atoms with E-state index >= 15 is 0 Å². The molecule has 8 atom stereocenters. The van der Waals surface area contributed by atoms with Crippen LogP contribution in [0, 0.1) is 5.92 Å². The predicted octanol–water partition coefficient (Wildman–Crippen LogP) is -3.03. The van der Waals surface area contributed by atoms with Gasteiger partial charge in [0, 0.05) is 77.5 Å². The fourth-order valence-corrected chi connectivity index (χ4v) is 6.60. The number of fused-ring (bicyclic) bond motifs is 2. The van der Waals surface area contributed by atoms with E-state index in [1.165, 1.54) is 0 Å². The first-order valence-corrected chi connectivity index (χ1v) is 12.3. The van der Waals surface area contributed by atoms with Gasteiger partial charge in [0.25, 0.3) is 0 Å². The number of alkyl halides is 2. The molecular formula is C20H37ClFN9O. The van der Waals surface area contributed by atoms with Crippen LogP contribution in [0.4, 0.5) is 4.39 Å². The summed E-state index contributed by atoms with van der Waals surface area (Å²) < 4.78 is 13.8. The third-order valence-electron chi connectivity index (χ3n) is 7.79. The van der Waals surface area contributed by atoms with Crippen LogP contribution in [0.1, 0.15) is 0 Å². The lowest BCUT2D eigenvalue weighted by Gasteiger charge is -2.51. The van der Waals surface area contributed by atoms with E-state index in [9.17, 15) is 9.18 Å². The Kier molecular flexibility index (Phi) is 6.90. The second kappa shape index (κ2) is 9.55. The number of hydrazine groups is 1. The molecule has 0 aromatic heterocycles. The molecule has 0 saturated carbocycles. The minimum Gasteiger partial charge on any atom is -0.350 e. The minimum absolute atomic E-state index is 0.0625. The summed E-state index contributed by atoms with van der Waals surface area (Å²) in [5.41, 5.74) is 9.30. The smallest absolute Gasteiger partial charge is 0.229 e. The Morgan fingerprint density at radius 1 is 1.09 bits per heavy atom. The second-order valence-corrected chi connectivity index (χ2v) is 10.6. The minimum atomic E-state index is -0.978. The molecule has 0 aliphatic carbocycles. The number of nitrogens with zero attached hydrogens (tertiary/aromatic N) is 4. The number of nitrogens with two attached hydrogens (primary N) is 1. The Morgan fingerprint density at radius 3 is 2.72 bits per heavy atom. The van der Waals surface area contributed by atoms with Gasteiger partial charge in [0.1, 0.15) is 6.17 Å². The van der Waals surface area contributed by atoms with Crippen molar-refractivity contribution < 1.29 is 9.18 Å². The molecule has 0 spiro atoms. The Hall–Kier alpha value is -0.630. The van der Waals surface area contributed by atoms with E-state index in [0.29, 0.717) is 12.6 Å². The fraction of sp³-hybridized carbons (Fsp3) is 0.950. The van der Waals surface area contributed by atoms with Gasteiger partial charge in [-0.1, -0.05) is 0 Å². The number of likely N-dealkylation sites (N-methyl/N-ethyl adjacent to an activating group) is 1. The van der Waals surface area contributed by atoms with E-state index in [-0.39, 0.29) is 42.6 Å². The highest BCUT2D eigenvalue weighted by atomic mass is 35.5. The summed E-state index contributed by atoms with van der Waals surface area (Å²) in [6, 6.07) is 0.455. The number of hydrogen-bond donors (Lipinski definition) is 5. The Bertz CT molecular complexity index is 691. The van der Waals surface area contributed by atoms with Gasteiger partial charge in [0.15, 0.2) is 0 Å². The largest absolute Gasteiger partial charge is 0.350 e. The van der Waals surface area contributed by atoms with Crippen LogP contribution in [0.25, 0.3) is 0 Å². The molecule has 0 radical (unpaired) electrons. The summed E-state index contributed by atoms with van der Waals surface area (Å²) in [6.07, 6.45) is -1.84. The first-order chi connectivity index (χ1) is 15.4. The molecule has 5 aliphatic heterocycles. The summed E-state index contributed by atoms with van der Waals surface area (Å²) in [6.45, 7) is 8.12. The lowest BCUT2D eigenvalue weighted by molar-refractivity contribution is -0.128. The number of piperazine rings is 2. The number of rotatable bonds is 3. The van der Waals surface area contributed by atoms with Gasteiger partial charge < -0.3 is 21.3 Å². The van der Waals surface area contributed by atoms with E-state index in [2.05, 4.69) is 43.1 Å². The summed E-state index contributed by atoms with van der Waals surface area (Å²) >= 11 is 6.83. The fourth-order valence-electron chi connectivity index (χ4n) is 6.15. The molecule has 10 nitrogen and oxygen atoms in total. The van der Waals surface area contributed by atoms with Crippen LogP contribution in [0.15, 0.2) is 0 Å². The predicted molar refractivity (Wildman–Crippen MR) is 121 cm³/mol. The maximum Gasteiger partial charge on any atom is 0.229 e. The number of hydrogen-bond acceptors (Lipinski definition) is 9. The standard InChI is InChI=1S/C20H37ClFN9O/c1-28-2-3-29-4-5-30(11-13(29)10-28)17-14(21)7-24-8-15(17)26-20(32)16-18(23)27-31-9-12(22)6-25-19(16)31/h12-19,24-25,27H,2-11,23H2,1H3,(H,26,32). The van der Waals surface area contributed by atoms with Crippen LogP contribution in [0.3, 0.4) is 0 Å². The highest BCUT2D eigenvalue weighted by Gasteiger charge is 2.48. The van der Waals surface area contributed by atoms with Gasteiger partial charge in [-0.05, 0) is 7.05 Å². The lowest BCUT2D eigenvalue weighted by atomic mass is 9.94. The quantitative estimate of drug-likeness (QED) is 0.274. The molecule has 0 aromatic carbocycles. The molecule has 182 valence electrons. The van der Waals surface area contributed by atoms with Crippen molar-refractivity contribution >= 4 is 17.5 Å². The molecule has 0 aromatic rings. The average Bonchev–Trinajstić information content (AvgIpc) is 3.08. The second-order valence-electron chi connectivity index (χ2n) is 10.0. The molecule has 8 unspecified atom stereocenters. The van der Waals surface area contributed by atoms with Crippen molar-refractivity contribution in [2.45, 2.75) is 42.0 Å². The van der Waals surface area contributed by atoms with Crippen molar-refractivity contribution in [2.24, 2.45) is 11.7 Å². The molecule has 1 amide bonds. The number of amides is 1. The molecule has 5 rings (SSSR count). The number of carbonyl (C=O) groups excluding carboxylic acids is 1. The summed E-state index contributed by atoms with van der Waals surface area (Å²) in [7, 11) is 2.18. The van der Waals surface area contributed by atoms with Crippen molar-refractivity contribution in [3.63, 3.8) is 0 Å². The van der Waals surface area contributed by atoms with Gasteiger partial charge in [-0.2, -0.15) is 0 Å². The monoisotopic (exact) mass is 473 g/mol. The van der Waals surface area contributed by atoms with E-state index in [0.717, 1.165) is 45.8 Å². The number of piperidine rings is 1. The SMILES string of the molecule is CN1CCN2CCN(C3C(Cl)CNCC3NC(=O)C3C(N)NN4CC(F)CNC34)CC2C1. The summed E-state index contributed by atoms with van der Waals surface area (Å²) in [5, 5.41) is 11.4. The third kappa shape index (κ3) is 4.51. The lowest BCUT2D eigenvalue weighted by Crippen LogP contribution is -2.70. The van der Waals surface area contributed by atoms with Crippen molar-refractivity contribution in [3.8, 4) is 0 Å². The molecule has 5 aliphatic rings. The molecule has 5 saturated heterocycles. The van der Waals surface area contributed by atoms with E-state index in [1.54, 1.807) is 5.01 Å². The van der Waals surface area contributed by atoms with Crippen molar-refractivity contribution in [2.75, 3.05) is 72.5 Å². The van der Waals surface area contributed by atoms with E-state index in [4.69, 9.17) is 17.3 Å². The molecule has 12 heteroatoms. The number of nitrogens with one attached hydrogen (secondary N) is 4. The van der Waals surface area contributed by atoms with Crippen molar-refractivity contribution in [1.82, 2.24) is 41.1 Å². The Labute approximate surface area is 194 Å². The molecule has 5 heterocycles. The maximum atomic E-state index is 13.8. The molecule has 0 bridgehead atoms. The zero-order valence-electron chi connectivity index (χ0n) is 18.7. The van der Waals surface area contributed by atoms with Gasteiger partial charge >= 0.3 is 0 Å². The first-order valence-electron chi connectivity index (χ1n) is 11.9. The van der Waals surface area contributed by atoms with Crippen LogP contribution in [0.2, 0.25) is 0 Å². The van der Waals surface area contributed by atoms with Crippen LogP contribution in [0.5, 0.6) is 0 Å². The molecule has 5 fully saturated rings. The van der Waals surface area contributed by atoms with E-state index in [1.807, 2.05) is 0 Å². The van der Waals surface area contributed by atoms with Gasteiger partial charge in [-0.15, -0.1) is 11.6 Å². The summed E-state index contributed by atoms with van der Waals surface area (Å²) in [4.78, 5) is 20.8.